The van der Waals surface area contributed by atoms with E-state index in [0.717, 1.165) is 28.3 Å². The number of hydrogen-bond donors (Lipinski definition) is 0. The van der Waals surface area contributed by atoms with Gasteiger partial charge in [0.2, 0.25) is 0 Å². The summed E-state index contributed by atoms with van der Waals surface area (Å²) in [4.78, 5) is 14.2. The number of anilines is 1. The first-order chi connectivity index (χ1) is 9.58. The van der Waals surface area contributed by atoms with E-state index in [4.69, 9.17) is 4.42 Å². The van der Waals surface area contributed by atoms with Crippen LogP contribution < -0.4 is 4.90 Å². The lowest BCUT2D eigenvalue weighted by Crippen LogP contribution is -2.11. The Kier molecular flexibility index (Phi) is 4.90. The smallest absolute Gasteiger partial charge is 0.172 e. The van der Waals surface area contributed by atoms with Crippen molar-refractivity contribution >= 4 is 23.2 Å². The Balaban J connectivity index is 1.94. The summed E-state index contributed by atoms with van der Waals surface area (Å²) in [7, 11) is 4.01. The molecule has 4 heteroatoms. The summed E-state index contributed by atoms with van der Waals surface area (Å²) in [5.41, 5.74) is 3.04. The van der Waals surface area contributed by atoms with Crippen molar-refractivity contribution in [2.24, 2.45) is 0 Å². The van der Waals surface area contributed by atoms with E-state index >= 15 is 0 Å². The van der Waals surface area contributed by atoms with Gasteiger partial charge >= 0.3 is 0 Å². The molecule has 3 nitrogen and oxygen atoms in total. The first kappa shape index (κ1) is 14.7. The maximum Gasteiger partial charge on any atom is 0.172 e. The van der Waals surface area contributed by atoms with Crippen molar-refractivity contribution in [3.05, 3.63) is 53.5 Å². The van der Waals surface area contributed by atoms with Crippen molar-refractivity contribution in [3.63, 3.8) is 0 Å². The van der Waals surface area contributed by atoms with Gasteiger partial charge in [-0.15, -0.1) is 11.8 Å². The summed E-state index contributed by atoms with van der Waals surface area (Å²) in [6, 6.07) is 9.65. The minimum Gasteiger partial charge on any atom is -0.468 e. The SMILES string of the molecule is Cc1cc(C(=O)CSCc2ccco2)ccc1N(C)C. The molecule has 2 aromatic rings. The van der Waals surface area contributed by atoms with Crippen LogP contribution >= 0.6 is 11.8 Å². The predicted molar refractivity (Wildman–Crippen MR) is 84.7 cm³/mol. The standard InChI is InChI=1S/C16H19NO2S/c1-12-9-13(6-7-15(12)17(2)3)16(18)11-20-10-14-5-4-8-19-14/h4-9H,10-11H2,1-3H3. The van der Waals surface area contributed by atoms with E-state index in [1.807, 2.05) is 51.4 Å². The van der Waals surface area contributed by atoms with Gasteiger partial charge in [-0.25, -0.2) is 0 Å². The molecule has 1 aromatic heterocycles. The zero-order chi connectivity index (χ0) is 14.5. The molecule has 0 radical (unpaired) electrons. The highest BCUT2D eigenvalue weighted by molar-refractivity contribution is 7.99. The molecule has 1 aromatic carbocycles. The first-order valence-electron chi connectivity index (χ1n) is 6.49. The molecule has 0 bridgehead atoms. The number of furan rings is 1. The molecule has 0 aliphatic carbocycles. The number of carbonyl (C=O) groups is 1. The number of aryl methyl sites for hydroxylation is 1. The van der Waals surface area contributed by atoms with Crippen LogP contribution in [0.5, 0.6) is 0 Å². The van der Waals surface area contributed by atoms with Crippen molar-refractivity contribution in [1.82, 2.24) is 0 Å². The summed E-state index contributed by atoms with van der Waals surface area (Å²) >= 11 is 1.58. The van der Waals surface area contributed by atoms with Crippen LogP contribution in [0.2, 0.25) is 0 Å². The highest BCUT2D eigenvalue weighted by Gasteiger charge is 2.09. The number of nitrogens with zero attached hydrogens (tertiary/aromatic N) is 1. The molecule has 0 spiro atoms. The van der Waals surface area contributed by atoms with Gasteiger partial charge in [-0.3, -0.25) is 4.79 Å². The van der Waals surface area contributed by atoms with Gasteiger partial charge < -0.3 is 9.32 Å². The highest BCUT2D eigenvalue weighted by atomic mass is 32.2. The summed E-state index contributed by atoms with van der Waals surface area (Å²) in [5, 5.41) is 0. The fourth-order valence-corrected chi connectivity index (χ4v) is 2.87. The average molecular weight is 289 g/mol. The molecule has 0 saturated carbocycles. The summed E-state index contributed by atoms with van der Waals surface area (Å²) in [5.74, 6) is 2.27. The Morgan fingerprint density at radius 1 is 1.30 bits per heavy atom. The molecule has 0 fully saturated rings. The summed E-state index contributed by atoms with van der Waals surface area (Å²) < 4.78 is 5.24. The molecular formula is C16H19NO2S. The minimum absolute atomic E-state index is 0.162. The first-order valence-corrected chi connectivity index (χ1v) is 7.64. The second-order valence-electron chi connectivity index (χ2n) is 4.89. The number of benzene rings is 1. The van der Waals surface area contributed by atoms with Crippen LogP contribution in [-0.2, 0) is 5.75 Å². The molecule has 0 amide bonds. The van der Waals surface area contributed by atoms with E-state index in [2.05, 4.69) is 4.90 Å². The molecule has 0 aliphatic rings. The van der Waals surface area contributed by atoms with Crippen LogP contribution in [0.15, 0.2) is 41.0 Å². The van der Waals surface area contributed by atoms with Crippen LogP contribution in [-0.4, -0.2) is 25.6 Å². The molecule has 0 aliphatic heterocycles. The Morgan fingerprint density at radius 2 is 2.10 bits per heavy atom. The van der Waals surface area contributed by atoms with E-state index in [1.54, 1.807) is 18.0 Å². The molecule has 0 atom stereocenters. The third-order valence-corrected chi connectivity index (χ3v) is 4.01. The predicted octanol–water partition coefficient (Wildman–Crippen LogP) is 3.77. The average Bonchev–Trinajstić information content (AvgIpc) is 2.91. The maximum absolute atomic E-state index is 12.1. The van der Waals surface area contributed by atoms with Gasteiger partial charge in [-0.2, -0.15) is 0 Å². The van der Waals surface area contributed by atoms with E-state index in [1.165, 1.54) is 0 Å². The van der Waals surface area contributed by atoms with Crippen LogP contribution in [0.4, 0.5) is 5.69 Å². The molecular weight excluding hydrogens is 270 g/mol. The lowest BCUT2D eigenvalue weighted by molar-refractivity contribution is 0.102. The van der Waals surface area contributed by atoms with Crippen LogP contribution in [0, 0.1) is 6.92 Å². The highest BCUT2D eigenvalue weighted by Crippen LogP contribution is 2.21. The number of hydrogen-bond acceptors (Lipinski definition) is 4. The van der Waals surface area contributed by atoms with E-state index < -0.39 is 0 Å². The molecule has 106 valence electrons. The van der Waals surface area contributed by atoms with Gasteiger partial charge in [0.15, 0.2) is 5.78 Å². The van der Waals surface area contributed by atoms with Crippen LogP contribution in [0.3, 0.4) is 0 Å². The van der Waals surface area contributed by atoms with Crippen molar-refractivity contribution in [3.8, 4) is 0 Å². The zero-order valence-corrected chi connectivity index (χ0v) is 12.9. The molecule has 1 heterocycles. The van der Waals surface area contributed by atoms with Crippen molar-refractivity contribution in [2.75, 3.05) is 24.7 Å². The second kappa shape index (κ2) is 6.66. The van der Waals surface area contributed by atoms with Gasteiger partial charge in [0, 0.05) is 25.3 Å². The Morgan fingerprint density at radius 3 is 2.70 bits per heavy atom. The number of thioether (sulfide) groups is 1. The zero-order valence-electron chi connectivity index (χ0n) is 12.1. The van der Waals surface area contributed by atoms with Gasteiger partial charge in [-0.05, 0) is 42.8 Å². The third-order valence-electron chi connectivity index (χ3n) is 3.06. The lowest BCUT2D eigenvalue weighted by Gasteiger charge is -2.16. The number of carbonyl (C=O) groups excluding carboxylic acids is 1. The summed E-state index contributed by atoms with van der Waals surface area (Å²) in [6.07, 6.45) is 1.65. The second-order valence-corrected chi connectivity index (χ2v) is 5.88. The molecule has 0 unspecified atom stereocenters. The third kappa shape index (κ3) is 3.67. The van der Waals surface area contributed by atoms with Gasteiger partial charge in [0.1, 0.15) is 5.76 Å². The van der Waals surface area contributed by atoms with Gasteiger partial charge in [0.05, 0.1) is 17.8 Å². The Bertz CT molecular complexity index is 576. The van der Waals surface area contributed by atoms with Gasteiger partial charge in [0.25, 0.3) is 0 Å². The molecule has 20 heavy (non-hydrogen) atoms. The van der Waals surface area contributed by atoms with Crippen molar-refractivity contribution in [2.45, 2.75) is 12.7 Å². The monoisotopic (exact) mass is 289 g/mol. The van der Waals surface area contributed by atoms with E-state index in [9.17, 15) is 4.79 Å². The Labute approximate surface area is 124 Å². The fraction of sp³-hybridized carbons (Fsp3) is 0.312. The number of ketones is 1. The van der Waals surface area contributed by atoms with E-state index in [0.29, 0.717) is 5.75 Å². The molecule has 0 N–H and O–H groups in total. The van der Waals surface area contributed by atoms with Crippen molar-refractivity contribution in [1.29, 1.82) is 0 Å². The molecule has 0 saturated heterocycles. The van der Waals surface area contributed by atoms with Crippen LogP contribution in [0.25, 0.3) is 0 Å². The van der Waals surface area contributed by atoms with E-state index in [-0.39, 0.29) is 5.78 Å². The summed E-state index contributed by atoms with van der Waals surface area (Å²) in [6.45, 7) is 2.03. The Hall–Kier alpha value is -1.68. The quantitative estimate of drug-likeness (QED) is 0.758. The molecule has 2 rings (SSSR count). The minimum atomic E-state index is 0.162. The topological polar surface area (TPSA) is 33.5 Å². The normalized spacial score (nSPS) is 10.6. The van der Waals surface area contributed by atoms with Crippen LogP contribution in [0.1, 0.15) is 21.7 Å². The fourth-order valence-electron chi connectivity index (χ4n) is 2.05. The number of Topliss-reactive ketones (excluding diaryl/α,β-unsaturated/α-hetero) is 1. The number of rotatable bonds is 6. The largest absolute Gasteiger partial charge is 0.468 e. The lowest BCUT2D eigenvalue weighted by atomic mass is 10.1. The van der Waals surface area contributed by atoms with Crippen molar-refractivity contribution < 1.29 is 9.21 Å². The van der Waals surface area contributed by atoms with Gasteiger partial charge in [-0.1, -0.05) is 0 Å². The maximum atomic E-state index is 12.1.